The number of amides is 1. The Kier molecular flexibility index (Phi) is 5.78. The van der Waals surface area contributed by atoms with Gasteiger partial charge in [-0.3, -0.25) is 4.79 Å². The molecule has 0 spiro atoms. The Labute approximate surface area is 154 Å². The van der Waals surface area contributed by atoms with Gasteiger partial charge in [0.05, 0.1) is 12.7 Å². The Hall–Kier alpha value is -2.53. The molecule has 0 unspecified atom stereocenters. The molecule has 0 bridgehead atoms. The summed E-state index contributed by atoms with van der Waals surface area (Å²) in [5, 5.41) is 0. The predicted molar refractivity (Wildman–Crippen MR) is 99.3 cm³/mol. The number of fused-ring (bicyclic) bond motifs is 1. The molecule has 0 N–H and O–H groups in total. The predicted octanol–water partition coefficient (Wildman–Crippen LogP) is 4.00. The average molecular weight is 355 g/mol. The van der Waals surface area contributed by atoms with Gasteiger partial charge in [-0.25, -0.2) is 0 Å². The third-order valence-electron chi connectivity index (χ3n) is 4.26. The van der Waals surface area contributed by atoms with Gasteiger partial charge in [0.1, 0.15) is 0 Å². The zero-order valence-corrected chi connectivity index (χ0v) is 15.5. The number of carbonyl (C=O) groups is 1. The number of carbonyl (C=O) groups excluding carboxylic acids is 1. The molecule has 5 heteroatoms. The van der Waals surface area contributed by atoms with Crippen LogP contribution in [0.1, 0.15) is 42.3 Å². The monoisotopic (exact) mass is 355 g/mol. The molecular formula is C21H25NO4. The van der Waals surface area contributed by atoms with Gasteiger partial charge in [0.25, 0.3) is 5.91 Å². The molecule has 0 fully saturated rings. The van der Waals surface area contributed by atoms with Crippen molar-refractivity contribution in [3.63, 3.8) is 0 Å². The van der Waals surface area contributed by atoms with Gasteiger partial charge in [-0.15, -0.1) is 0 Å². The largest absolute Gasteiger partial charge is 0.454 e. The van der Waals surface area contributed by atoms with Gasteiger partial charge >= 0.3 is 0 Å². The molecule has 5 nitrogen and oxygen atoms in total. The molecule has 1 heterocycles. The highest BCUT2D eigenvalue weighted by Gasteiger charge is 2.17. The lowest BCUT2D eigenvalue weighted by atomic mass is 10.1. The number of ether oxygens (including phenoxy) is 3. The first-order valence-electron chi connectivity index (χ1n) is 8.95. The van der Waals surface area contributed by atoms with Crippen LogP contribution < -0.4 is 9.47 Å². The van der Waals surface area contributed by atoms with E-state index >= 15 is 0 Å². The van der Waals surface area contributed by atoms with Crippen molar-refractivity contribution in [2.24, 2.45) is 0 Å². The van der Waals surface area contributed by atoms with Crippen molar-refractivity contribution in [3.8, 4) is 11.5 Å². The Balaban J connectivity index is 1.66. The van der Waals surface area contributed by atoms with Crippen LogP contribution in [0.15, 0.2) is 42.5 Å². The van der Waals surface area contributed by atoms with E-state index in [4.69, 9.17) is 14.2 Å². The molecular weight excluding hydrogens is 330 g/mol. The molecule has 1 amide bonds. The van der Waals surface area contributed by atoms with Gasteiger partial charge in [0, 0.05) is 18.7 Å². The van der Waals surface area contributed by atoms with Gasteiger partial charge in [-0.2, -0.15) is 0 Å². The van der Waals surface area contributed by atoms with E-state index in [0.29, 0.717) is 25.3 Å². The maximum absolute atomic E-state index is 12.8. The van der Waals surface area contributed by atoms with Gasteiger partial charge in [0.2, 0.25) is 6.79 Å². The van der Waals surface area contributed by atoms with Crippen LogP contribution >= 0.6 is 0 Å². The van der Waals surface area contributed by atoms with E-state index in [9.17, 15) is 4.79 Å². The minimum absolute atomic E-state index is 0.0153. The van der Waals surface area contributed by atoms with Gasteiger partial charge < -0.3 is 19.1 Å². The maximum atomic E-state index is 12.8. The summed E-state index contributed by atoms with van der Waals surface area (Å²) < 4.78 is 16.3. The van der Waals surface area contributed by atoms with Crippen molar-refractivity contribution in [3.05, 3.63) is 59.2 Å². The van der Waals surface area contributed by atoms with Crippen LogP contribution in [0.3, 0.4) is 0 Å². The van der Waals surface area contributed by atoms with E-state index < -0.39 is 0 Å². The minimum Gasteiger partial charge on any atom is -0.454 e. The Morgan fingerprint density at radius 1 is 1.08 bits per heavy atom. The highest BCUT2D eigenvalue weighted by atomic mass is 16.7. The normalized spacial score (nSPS) is 12.5. The molecule has 0 saturated carbocycles. The van der Waals surface area contributed by atoms with E-state index in [0.717, 1.165) is 22.6 Å². The summed E-state index contributed by atoms with van der Waals surface area (Å²) in [7, 11) is 0. The van der Waals surface area contributed by atoms with Crippen molar-refractivity contribution >= 4 is 5.91 Å². The second-order valence-electron chi connectivity index (χ2n) is 6.56. The molecule has 26 heavy (non-hydrogen) atoms. The van der Waals surface area contributed by atoms with Crippen molar-refractivity contribution in [1.82, 2.24) is 4.90 Å². The van der Waals surface area contributed by atoms with E-state index in [1.807, 2.05) is 68.1 Å². The standard InChI is InChI=1S/C21H25NO4/c1-4-22(12-17-7-10-19-20(11-17)26-14-25-19)21(23)18-8-5-16(6-9-18)13-24-15(2)3/h5-11,15H,4,12-14H2,1-3H3. The molecule has 0 radical (unpaired) electrons. The molecule has 2 aromatic carbocycles. The molecule has 0 aliphatic carbocycles. The summed E-state index contributed by atoms with van der Waals surface area (Å²) in [5.74, 6) is 1.50. The second-order valence-corrected chi connectivity index (χ2v) is 6.56. The van der Waals surface area contributed by atoms with E-state index in [1.54, 1.807) is 0 Å². The number of hydrogen-bond acceptors (Lipinski definition) is 4. The number of rotatable bonds is 7. The third-order valence-corrected chi connectivity index (χ3v) is 4.26. The smallest absolute Gasteiger partial charge is 0.254 e. The van der Waals surface area contributed by atoms with E-state index in [2.05, 4.69) is 0 Å². The zero-order chi connectivity index (χ0) is 18.5. The Bertz CT molecular complexity index is 755. The molecule has 3 rings (SSSR count). The molecule has 138 valence electrons. The van der Waals surface area contributed by atoms with Crippen LogP contribution in [0.4, 0.5) is 0 Å². The number of nitrogens with zero attached hydrogens (tertiary/aromatic N) is 1. The number of benzene rings is 2. The summed E-state index contributed by atoms with van der Waals surface area (Å²) in [4.78, 5) is 14.6. The van der Waals surface area contributed by atoms with Crippen LogP contribution in [0.2, 0.25) is 0 Å². The molecule has 0 atom stereocenters. The molecule has 0 aromatic heterocycles. The fourth-order valence-electron chi connectivity index (χ4n) is 2.78. The average Bonchev–Trinajstić information content (AvgIpc) is 3.12. The molecule has 0 saturated heterocycles. The third kappa shape index (κ3) is 4.35. The van der Waals surface area contributed by atoms with Crippen molar-refractivity contribution in [1.29, 1.82) is 0 Å². The van der Waals surface area contributed by atoms with Gasteiger partial charge in [-0.1, -0.05) is 18.2 Å². The molecule has 2 aromatic rings. The minimum atomic E-state index is 0.0153. The quantitative estimate of drug-likeness (QED) is 0.753. The van der Waals surface area contributed by atoms with Crippen molar-refractivity contribution in [2.75, 3.05) is 13.3 Å². The summed E-state index contributed by atoms with van der Waals surface area (Å²) in [6, 6.07) is 13.4. The van der Waals surface area contributed by atoms with Crippen molar-refractivity contribution in [2.45, 2.75) is 40.0 Å². The highest BCUT2D eigenvalue weighted by molar-refractivity contribution is 5.94. The fraction of sp³-hybridized carbons (Fsp3) is 0.381. The summed E-state index contributed by atoms with van der Waals surface area (Å²) in [6.07, 6.45) is 0.189. The highest BCUT2D eigenvalue weighted by Crippen LogP contribution is 2.32. The second kappa shape index (κ2) is 8.23. The van der Waals surface area contributed by atoms with E-state index in [1.165, 1.54) is 0 Å². The summed E-state index contributed by atoms with van der Waals surface area (Å²) >= 11 is 0. The SMILES string of the molecule is CCN(Cc1ccc2c(c1)OCO2)C(=O)c1ccc(COC(C)C)cc1. The topological polar surface area (TPSA) is 48.0 Å². The number of hydrogen-bond donors (Lipinski definition) is 0. The molecule has 1 aliphatic rings. The Morgan fingerprint density at radius 3 is 2.46 bits per heavy atom. The van der Waals surface area contributed by atoms with E-state index in [-0.39, 0.29) is 18.8 Å². The van der Waals surface area contributed by atoms with Crippen LogP contribution in [-0.2, 0) is 17.9 Å². The molecule has 1 aliphatic heterocycles. The van der Waals surface area contributed by atoms with Gasteiger partial charge in [0.15, 0.2) is 11.5 Å². The lowest BCUT2D eigenvalue weighted by Gasteiger charge is -2.21. The van der Waals surface area contributed by atoms with Crippen LogP contribution in [0.5, 0.6) is 11.5 Å². The lowest BCUT2D eigenvalue weighted by Crippen LogP contribution is -2.30. The fourth-order valence-corrected chi connectivity index (χ4v) is 2.78. The zero-order valence-electron chi connectivity index (χ0n) is 15.5. The Morgan fingerprint density at radius 2 is 1.77 bits per heavy atom. The summed E-state index contributed by atoms with van der Waals surface area (Å²) in [5.41, 5.74) is 2.77. The summed E-state index contributed by atoms with van der Waals surface area (Å²) in [6.45, 7) is 7.97. The van der Waals surface area contributed by atoms with Crippen LogP contribution in [-0.4, -0.2) is 30.2 Å². The first-order valence-corrected chi connectivity index (χ1v) is 8.95. The van der Waals surface area contributed by atoms with Crippen LogP contribution in [0, 0.1) is 0 Å². The first-order chi connectivity index (χ1) is 12.6. The lowest BCUT2D eigenvalue weighted by molar-refractivity contribution is 0.0655. The first kappa shape index (κ1) is 18.3. The van der Waals surface area contributed by atoms with Crippen molar-refractivity contribution < 1.29 is 19.0 Å². The van der Waals surface area contributed by atoms with Crippen LogP contribution in [0.25, 0.3) is 0 Å². The maximum Gasteiger partial charge on any atom is 0.254 e. The van der Waals surface area contributed by atoms with Gasteiger partial charge in [-0.05, 0) is 56.2 Å².